The molecular weight excluding hydrogens is 342 g/mol. The number of nitrogens with zero attached hydrogens (tertiary/aromatic N) is 3. The summed E-state index contributed by atoms with van der Waals surface area (Å²) in [6.07, 6.45) is 5.99. The number of para-hydroxylation sites is 1. The van der Waals surface area contributed by atoms with Crippen molar-refractivity contribution in [3.63, 3.8) is 0 Å². The highest BCUT2D eigenvalue weighted by Crippen LogP contribution is 2.39. The highest BCUT2D eigenvalue weighted by molar-refractivity contribution is 7.86. The van der Waals surface area contributed by atoms with Gasteiger partial charge in [-0.25, -0.2) is 4.98 Å². The van der Waals surface area contributed by atoms with E-state index in [1.165, 1.54) is 0 Å². The zero-order valence-corrected chi connectivity index (χ0v) is 15.4. The van der Waals surface area contributed by atoms with Crippen molar-refractivity contribution < 1.29 is 8.42 Å². The first kappa shape index (κ1) is 16.4. The first-order valence-electron chi connectivity index (χ1n) is 8.79. The molecule has 2 aliphatic rings. The van der Waals surface area contributed by atoms with E-state index in [1.807, 2.05) is 18.2 Å². The Balaban J connectivity index is 1.64. The number of hydrogen-bond donors (Lipinski definition) is 0. The first-order chi connectivity index (χ1) is 11.7. The van der Waals surface area contributed by atoms with Crippen LogP contribution in [0.25, 0.3) is 10.2 Å². The van der Waals surface area contributed by atoms with Crippen molar-refractivity contribution in [3.8, 4) is 0 Å². The molecule has 1 aromatic heterocycles. The Kier molecular flexibility index (Phi) is 4.60. The molecule has 1 atom stereocenters. The van der Waals surface area contributed by atoms with Crippen LogP contribution in [0.1, 0.15) is 49.6 Å². The van der Waals surface area contributed by atoms with Gasteiger partial charge in [-0.05, 0) is 37.8 Å². The molecule has 0 radical (unpaired) electrons. The van der Waals surface area contributed by atoms with Crippen LogP contribution in [0.5, 0.6) is 0 Å². The van der Waals surface area contributed by atoms with Crippen LogP contribution in [0.15, 0.2) is 24.3 Å². The van der Waals surface area contributed by atoms with Crippen molar-refractivity contribution in [2.75, 3.05) is 19.6 Å². The van der Waals surface area contributed by atoms with Gasteiger partial charge in [0.15, 0.2) is 0 Å². The first-order valence-corrected chi connectivity index (χ1v) is 11.0. The Morgan fingerprint density at radius 3 is 2.50 bits per heavy atom. The maximum Gasteiger partial charge on any atom is 0.282 e. The Morgan fingerprint density at radius 1 is 1.00 bits per heavy atom. The molecular formula is C17H23N3O2S2. The smallest absolute Gasteiger partial charge is 0.239 e. The quantitative estimate of drug-likeness (QED) is 0.836. The summed E-state index contributed by atoms with van der Waals surface area (Å²) in [5.74, 6) is 0. The summed E-state index contributed by atoms with van der Waals surface area (Å²) in [4.78, 5) is 4.72. The topological polar surface area (TPSA) is 53.5 Å². The van der Waals surface area contributed by atoms with Gasteiger partial charge < -0.3 is 0 Å². The molecule has 2 fully saturated rings. The van der Waals surface area contributed by atoms with Gasteiger partial charge in [0.25, 0.3) is 10.2 Å². The Labute approximate surface area is 147 Å². The van der Waals surface area contributed by atoms with Gasteiger partial charge in [-0.2, -0.15) is 17.0 Å². The van der Waals surface area contributed by atoms with Gasteiger partial charge >= 0.3 is 0 Å². The number of rotatable bonds is 3. The van der Waals surface area contributed by atoms with E-state index in [4.69, 9.17) is 4.98 Å². The van der Waals surface area contributed by atoms with Gasteiger partial charge in [0.1, 0.15) is 5.01 Å². The minimum absolute atomic E-state index is 0.101. The molecule has 1 aromatic carbocycles. The van der Waals surface area contributed by atoms with E-state index >= 15 is 0 Å². The molecule has 0 bridgehead atoms. The molecule has 3 heterocycles. The lowest BCUT2D eigenvalue weighted by molar-refractivity contribution is 0.330. The lowest BCUT2D eigenvalue weighted by Crippen LogP contribution is -2.43. The summed E-state index contributed by atoms with van der Waals surface area (Å²) in [6, 6.07) is 7.93. The Hall–Kier alpha value is -1.02. The van der Waals surface area contributed by atoms with Crippen LogP contribution >= 0.6 is 11.3 Å². The molecule has 0 spiro atoms. The summed E-state index contributed by atoms with van der Waals surface area (Å²) in [5.41, 5.74) is 0.969. The number of benzene rings is 1. The molecule has 4 rings (SSSR count). The largest absolute Gasteiger partial charge is 0.282 e. The summed E-state index contributed by atoms with van der Waals surface area (Å²) < 4.78 is 30.9. The predicted molar refractivity (Wildman–Crippen MR) is 97.3 cm³/mol. The molecule has 0 saturated carbocycles. The van der Waals surface area contributed by atoms with Crippen molar-refractivity contribution in [3.05, 3.63) is 29.3 Å². The highest BCUT2D eigenvalue weighted by Gasteiger charge is 2.40. The average molecular weight is 366 g/mol. The summed E-state index contributed by atoms with van der Waals surface area (Å²) in [6.45, 7) is 1.93. The number of thiazole rings is 1. The van der Waals surface area contributed by atoms with Crippen LogP contribution in [-0.2, 0) is 10.2 Å². The summed E-state index contributed by atoms with van der Waals surface area (Å²) in [5, 5.41) is 0.937. The third-order valence-corrected chi connectivity index (χ3v) is 8.17. The maximum atomic E-state index is 13.2. The Bertz CT molecular complexity index is 777. The second kappa shape index (κ2) is 6.71. The van der Waals surface area contributed by atoms with Crippen molar-refractivity contribution in [1.29, 1.82) is 0 Å². The van der Waals surface area contributed by atoms with Crippen LogP contribution in [0.4, 0.5) is 0 Å². The molecule has 0 unspecified atom stereocenters. The van der Waals surface area contributed by atoms with Crippen LogP contribution in [0.3, 0.4) is 0 Å². The van der Waals surface area contributed by atoms with Gasteiger partial charge in [0, 0.05) is 19.6 Å². The molecule has 130 valence electrons. The van der Waals surface area contributed by atoms with Gasteiger partial charge in [-0.15, -0.1) is 11.3 Å². The van der Waals surface area contributed by atoms with E-state index in [0.29, 0.717) is 19.6 Å². The third kappa shape index (κ3) is 2.98. The summed E-state index contributed by atoms with van der Waals surface area (Å²) in [7, 11) is -3.39. The molecule has 0 amide bonds. The van der Waals surface area contributed by atoms with E-state index in [0.717, 1.165) is 53.7 Å². The lowest BCUT2D eigenvalue weighted by Gasteiger charge is -2.29. The fourth-order valence-corrected chi connectivity index (χ4v) is 6.80. The minimum atomic E-state index is -3.39. The minimum Gasteiger partial charge on any atom is -0.239 e. The van der Waals surface area contributed by atoms with Gasteiger partial charge in [0.05, 0.1) is 16.3 Å². The normalized spacial score (nSPS) is 24.4. The van der Waals surface area contributed by atoms with E-state index in [1.54, 1.807) is 19.9 Å². The van der Waals surface area contributed by atoms with Crippen LogP contribution in [0, 0.1) is 0 Å². The molecule has 0 N–H and O–H groups in total. The number of aromatic nitrogens is 1. The average Bonchev–Trinajstić information content (AvgIpc) is 3.14. The highest BCUT2D eigenvalue weighted by atomic mass is 32.2. The monoisotopic (exact) mass is 365 g/mol. The van der Waals surface area contributed by atoms with Gasteiger partial charge in [0.2, 0.25) is 0 Å². The SMILES string of the molecule is O=S(=O)(N1CCCCCC1)N1CCC[C@@H]1c1nc2ccccc2s1. The molecule has 2 saturated heterocycles. The number of hydrogen-bond acceptors (Lipinski definition) is 4. The van der Waals surface area contributed by atoms with Crippen LogP contribution < -0.4 is 0 Å². The van der Waals surface area contributed by atoms with E-state index in [2.05, 4.69) is 6.07 Å². The fraction of sp³-hybridized carbons (Fsp3) is 0.588. The van der Waals surface area contributed by atoms with Crippen molar-refractivity contribution in [2.45, 2.75) is 44.6 Å². The molecule has 2 aromatic rings. The summed E-state index contributed by atoms with van der Waals surface area (Å²) >= 11 is 1.63. The Morgan fingerprint density at radius 2 is 1.75 bits per heavy atom. The van der Waals surface area contributed by atoms with Gasteiger partial charge in [-0.1, -0.05) is 25.0 Å². The second-order valence-electron chi connectivity index (χ2n) is 6.61. The van der Waals surface area contributed by atoms with Crippen molar-refractivity contribution >= 4 is 31.8 Å². The van der Waals surface area contributed by atoms with Crippen LogP contribution in [0.2, 0.25) is 0 Å². The van der Waals surface area contributed by atoms with E-state index in [-0.39, 0.29) is 6.04 Å². The molecule has 0 aliphatic carbocycles. The predicted octanol–water partition coefficient (Wildman–Crippen LogP) is 3.55. The lowest BCUT2D eigenvalue weighted by atomic mass is 10.2. The zero-order valence-electron chi connectivity index (χ0n) is 13.7. The standard InChI is InChI=1S/C17H23N3O2S2/c21-24(22,19-11-5-1-2-6-12-19)20-13-7-9-15(20)17-18-14-8-3-4-10-16(14)23-17/h3-4,8,10,15H,1-2,5-7,9,11-13H2/t15-/m1/s1. The fourth-order valence-electron chi connectivity index (χ4n) is 3.72. The van der Waals surface area contributed by atoms with Crippen LogP contribution in [-0.4, -0.2) is 41.6 Å². The molecule has 7 heteroatoms. The number of fused-ring (bicyclic) bond motifs is 1. The van der Waals surface area contributed by atoms with Crippen molar-refractivity contribution in [2.24, 2.45) is 0 Å². The zero-order chi connectivity index (χ0) is 16.6. The van der Waals surface area contributed by atoms with E-state index < -0.39 is 10.2 Å². The molecule has 24 heavy (non-hydrogen) atoms. The van der Waals surface area contributed by atoms with Gasteiger partial charge in [-0.3, -0.25) is 0 Å². The maximum absolute atomic E-state index is 13.2. The molecule has 2 aliphatic heterocycles. The second-order valence-corrected chi connectivity index (χ2v) is 9.55. The van der Waals surface area contributed by atoms with Crippen molar-refractivity contribution in [1.82, 2.24) is 13.6 Å². The molecule has 5 nitrogen and oxygen atoms in total. The van der Waals surface area contributed by atoms with E-state index in [9.17, 15) is 8.42 Å². The third-order valence-electron chi connectivity index (χ3n) is 4.99.